The zero-order valence-corrected chi connectivity index (χ0v) is 25.8. The van der Waals surface area contributed by atoms with Crippen molar-refractivity contribution in [1.82, 2.24) is 10.2 Å². The third-order valence-electron chi connectivity index (χ3n) is 7.03. The van der Waals surface area contributed by atoms with Gasteiger partial charge in [-0.05, 0) is 54.4 Å². The van der Waals surface area contributed by atoms with Crippen LogP contribution in [0.25, 0.3) is 0 Å². The van der Waals surface area contributed by atoms with Crippen molar-refractivity contribution in [2.45, 2.75) is 30.8 Å². The van der Waals surface area contributed by atoms with Gasteiger partial charge >= 0.3 is 0 Å². The predicted octanol–water partition coefficient (Wildman–Crippen LogP) is 5.24. The van der Waals surface area contributed by atoms with Crippen molar-refractivity contribution >= 4 is 39.1 Å². The molecule has 0 spiro atoms. The highest BCUT2D eigenvalue weighted by molar-refractivity contribution is 7.92. The van der Waals surface area contributed by atoms with Crippen molar-refractivity contribution in [2.24, 2.45) is 0 Å². The normalized spacial score (nSPS) is 11.8. The smallest absolute Gasteiger partial charge is 0.264 e. The van der Waals surface area contributed by atoms with Crippen LogP contribution in [0.5, 0.6) is 5.75 Å². The molecular weight excluding hydrogens is 586 g/mol. The minimum atomic E-state index is -4.23. The maximum Gasteiger partial charge on any atom is 0.264 e. The van der Waals surface area contributed by atoms with Gasteiger partial charge in [0.2, 0.25) is 11.8 Å². The lowest BCUT2D eigenvalue weighted by Crippen LogP contribution is -2.53. The Balaban J connectivity index is 1.81. The number of rotatable bonds is 12. The number of methoxy groups -OCH3 is 1. The fourth-order valence-electron chi connectivity index (χ4n) is 4.69. The molecular formula is C33H34ClN3O5S. The number of aryl methyl sites for hydroxylation is 1. The molecule has 1 unspecified atom stereocenters. The molecule has 43 heavy (non-hydrogen) atoms. The van der Waals surface area contributed by atoms with Crippen molar-refractivity contribution in [3.63, 3.8) is 0 Å². The Morgan fingerprint density at radius 3 is 2.12 bits per heavy atom. The van der Waals surface area contributed by atoms with Crippen LogP contribution < -0.4 is 14.4 Å². The number of halogens is 1. The SMILES string of the molecule is CNC(=O)C(Cc1ccccc1)N(Cc1ccc(Cl)cc1)C(=O)CN(c1ccccc1OC)S(=O)(=O)c1ccc(C)cc1. The van der Waals surface area contributed by atoms with E-state index >= 15 is 0 Å². The average molecular weight is 620 g/mol. The Morgan fingerprint density at radius 1 is 0.860 bits per heavy atom. The van der Waals surface area contributed by atoms with E-state index in [-0.39, 0.29) is 35.2 Å². The lowest BCUT2D eigenvalue weighted by atomic mass is 10.0. The van der Waals surface area contributed by atoms with Gasteiger partial charge in [-0.25, -0.2) is 8.42 Å². The second kappa shape index (κ2) is 14.2. The molecule has 0 saturated heterocycles. The lowest BCUT2D eigenvalue weighted by Gasteiger charge is -2.34. The monoisotopic (exact) mass is 619 g/mol. The summed E-state index contributed by atoms with van der Waals surface area (Å²) in [5.74, 6) is -0.667. The summed E-state index contributed by atoms with van der Waals surface area (Å²) in [7, 11) is -1.29. The first-order chi connectivity index (χ1) is 20.6. The van der Waals surface area contributed by atoms with Gasteiger partial charge in [-0.2, -0.15) is 0 Å². The molecule has 1 N–H and O–H groups in total. The highest BCUT2D eigenvalue weighted by Gasteiger charge is 2.35. The molecule has 0 bridgehead atoms. The largest absolute Gasteiger partial charge is 0.495 e. The first-order valence-electron chi connectivity index (χ1n) is 13.7. The van der Waals surface area contributed by atoms with Gasteiger partial charge in [0, 0.05) is 25.0 Å². The molecule has 0 aromatic heterocycles. The van der Waals surface area contributed by atoms with Gasteiger partial charge in [0.25, 0.3) is 10.0 Å². The Morgan fingerprint density at radius 2 is 1.49 bits per heavy atom. The summed E-state index contributed by atoms with van der Waals surface area (Å²) in [5.41, 5.74) is 2.66. The van der Waals surface area contributed by atoms with Gasteiger partial charge in [0.1, 0.15) is 18.3 Å². The van der Waals surface area contributed by atoms with Crippen LogP contribution in [0.3, 0.4) is 0 Å². The summed E-state index contributed by atoms with van der Waals surface area (Å²) >= 11 is 6.11. The fraction of sp³-hybridized carbons (Fsp3) is 0.212. The summed E-state index contributed by atoms with van der Waals surface area (Å²) < 4.78 is 34.8. The number of carbonyl (C=O) groups is 2. The van der Waals surface area contributed by atoms with Crippen molar-refractivity contribution < 1.29 is 22.7 Å². The second-order valence-electron chi connectivity index (χ2n) is 9.96. The van der Waals surface area contributed by atoms with E-state index in [0.29, 0.717) is 5.02 Å². The van der Waals surface area contributed by atoms with Crippen LogP contribution >= 0.6 is 11.6 Å². The number of hydrogen-bond donors (Lipinski definition) is 1. The quantitative estimate of drug-likeness (QED) is 0.234. The number of ether oxygens (including phenoxy) is 1. The summed E-state index contributed by atoms with van der Waals surface area (Å²) in [6, 6.07) is 28.4. The summed E-state index contributed by atoms with van der Waals surface area (Å²) in [5, 5.41) is 3.20. The predicted molar refractivity (Wildman–Crippen MR) is 169 cm³/mol. The van der Waals surface area contributed by atoms with Crippen LogP contribution in [0.4, 0.5) is 5.69 Å². The molecule has 0 aliphatic rings. The highest BCUT2D eigenvalue weighted by atomic mass is 35.5. The Hall–Kier alpha value is -4.34. The van der Waals surface area contributed by atoms with Gasteiger partial charge in [-0.15, -0.1) is 0 Å². The fourth-order valence-corrected chi connectivity index (χ4v) is 6.24. The van der Waals surface area contributed by atoms with Crippen molar-refractivity contribution in [2.75, 3.05) is 25.0 Å². The molecule has 2 amide bonds. The maximum atomic E-state index is 14.4. The van der Waals surface area contributed by atoms with Gasteiger partial charge in [-0.3, -0.25) is 13.9 Å². The number of nitrogens with zero attached hydrogens (tertiary/aromatic N) is 2. The van der Waals surface area contributed by atoms with E-state index in [1.807, 2.05) is 37.3 Å². The molecule has 0 fully saturated rings. The van der Waals surface area contributed by atoms with E-state index in [4.69, 9.17) is 16.3 Å². The summed E-state index contributed by atoms with van der Waals surface area (Å²) in [6.45, 7) is 1.33. The highest BCUT2D eigenvalue weighted by Crippen LogP contribution is 2.32. The maximum absolute atomic E-state index is 14.4. The number of likely N-dealkylation sites (N-methyl/N-ethyl adjacent to an activating group) is 1. The van der Waals surface area contributed by atoms with Gasteiger partial charge in [-0.1, -0.05) is 83.9 Å². The molecule has 1 atom stereocenters. The molecule has 0 aliphatic carbocycles. The minimum Gasteiger partial charge on any atom is -0.495 e. The summed E-state index contributed by atoms with van der Waals surface area (Å²) in [6.07, 6.45) is 0.221. The zero-order chi connectivity index (χ0) is 31.0. The Bertz CT molecular complexity index is 1650. The average Bonchev–Trinajstić information content (AvgIpc) is 3.02. The number of benzene rings is 4. The third-order valence-corrected chi connectivity index (χ3v) is 9.05. The lowest BCUT2D eigenvalue weighted by molar-refractivity contribution is -0.139. The van der Waals surface area contributed by atoms with E-state index in [2.05, 4.69) is 5.32 Å². The molecule has 4 rings (SSSR count). The van der Waals surface area contributed by atoms with Gasteiger partial charge < -0.3 is 15.0 Å². The van der Waals surface area contributed by atoms with Gasteiger partial charge in [0.15, 0.2) is 0 Å². The van der Waals surface area contributed by atoms with E-state index in [0.717, 1.165) is 21.0 Å². The number of amides is 2. The van der Waals surface area contributed by atoms with Crippen molar-refractivity contribution in [3.05, 3.63) is 125 Å². The van der Waals surface area contributed by atoms with E-state index in [1.54, 1.807) is 60.7 Å². The number of para-hydroxylation sites is 2. The Kier molecular flexibility index (Phi) is 10.4. The molecule has 0 heterocycles. The first kappa shape index (κ1) is 31.6. The van der Waals surface area contributed by atoms with Crippen molar-refractivity contribution in [3.8, 4) is 5.75 Å². The van der Waals surface area contributed by atoms with Crippen LogP contribution in [0.2, 0.25) is 5.02 Å². The van der Waals surface area contributed by atoms with Crippen molar-refractivity contribution in [1.29, 1.82) is 0 Å². The molecule has 4 aromatic rings. The zero-order valence-electron chi connectivity index (χ0n) is 24.2. The number of carbonyl (C=O) groups excluding carboxylic acids is 2. The number of hydrogen-bond acceptors (Lipinski definition) is 5. The van der Waals surface area contributed by atoms with Crippen LogP contribution in [-0.4, -0.2) is 51.9 Å². The van der Waals surface area contributed by atoms with E-state index < -0.39 is 28.5 Å². The molecule has 0 radical (unpaired) electrons. The van der Waals surface area contributed by atoms with E-state index in [1.165, 1.54) is 31.2 Å². The summed E-state index contributed by atoms with van der Waals surface area (Å²) in [4.78, 5) is 29.1. The third kappa shape index (κ3) is 7.74. The molecule has 10 heteroatoms. The van der Waals surface area contributed by atoms with E-state index in [9.17, 15) is 18.0 Å². The van der Waals surface area contributed by atoms with Crippen LogP contribution in [0, 0.1) is 6.92 Å². The first-order valence-corrected chi connectivity index (χ1v) is 15.5. The molecule has 4 aromatic carbocycles. The molecule has 0 aliphatic heterocycles. The van der Waals surface area contributed by atoms with Crippen LogP contribution in [0.1, 0.15) is 16.7 Å². The second-order valence-corrected chi connectivity index (χ2v) is 12.3. The number of anilines is 1. The number of nitrogens with one attached hydrogen (secondary N) is 1. The molecule has 8 nitrogen and oxygen atoms in total. The van der Waals surface area contributed by atoms with Crippen LogP contribution in [0.15, 0.2) is 108 Å². The van der Waals surface area contributed by atoms with Gasteiger partial charge in [0.05, 0.1) is 17.7 Å². The van der Waals surface area contributed by atoms with Crippen LogP contribution in [-0.2, 0) is 32.6 Å². The standard InChI is InChI=1S/C33H34ClN3O5S/c1-24-13-19-28(20-14-24)43(40,41)37(29-11-7-8-12-31(29)42-3)23-32(38)36(22-26-15-17-27(34)18-16-26)30(33(39)35-2)21-25-9-5-4-6-10-25/h4-20,30H,21-23H2,1-3H3,(H,35,39). The molecule has 224 valence electrons. The number of sulfonamides is 1. The topological polar surface area (TPSA) is 96.0 Å². The minimum absolute atomic E-state index is 0.0215. The Labute approximate surface area is 257 Å². The molecule has 0 saturated carbocycles.